The van der Waals surface area contributed by atoms with Gasteiger partial charge in [-0.05, 0) is 30.5 Å². The minimum atomic E-state index is -3.50. The van der Waals surface area contributed by atoms with Gasteiger partial charge in [0.15, 0.2) is 0 Å². The standard InChI is InChI=1S/C12H18N2O3S/c1-9-8-14(6-5-12(9)15)18(16,17)11-4-2-3-10(13)7-11/h2-4,7,9,12,15H,5-6,8,13H2,1H3. The summed E-state index contributed by atoms with van der Waals surface area (Å²) in [6.07, 6.45) is 0.0557. The van der Waals surface area contributed by atoms with Gasteiger partial charge in [-0.25, -0.2) is 8.42 Å². The van der Waals surface area contributed by atoms with Crippen molar-refractivity contribution in [2.75, 3.05) is 18.8 Å². The van der Waals surface area contributed by atoms with E-state index in [0.717, 1.165) is 0 Å². The molecule has 1 heterocycles. The van der Waals surface area contributed by atoms with Gasteiger partial charge < -0.3 is 10.8 Å². The lowest BCUT2D eigenvalue weighted by atomic mass is 9.99. The first-order chi connectivity index (χ1) is 8.41. The van der Waals surface area contributed by atoms with Crippen molar-refractivity contribution >= 4 is 15.7 Å². The Morgan fingerprint density at radius 1 is 1.44 bits per heavy atom. The second-order valence-electron chi connectivity index (χ2n) is 4.77. The number of aliphatic hydroxyl groups is 1. The molecule has 100 valence electrons. The molecule has 2 rings (SSSR count). The molecule has 1 aromatic carbocycles. The van der Waals surface area contributed by atoms with Gasteiger partial charge in [0.25, 0.3) is 0 Å². The number of nitrogens with zero attached hydrogens (tertiary/aromatic N) is 1. The van der Waals surface area contributed by atoms with Crippen LogP contribution in [0.25, 0.3) is 0 Å². The highest BCUT2D eigenvalue weighted by Crippen LogP contribution is 2.24. The van der Waals surface area contributed by atoms with E-state index in [1.165, 1.54) is 10.4 Å². The third-order valence-electron chi connectivity index (χ3n) is 3.32. The fraction of sp³-hybridized carbons (Fsp3) is 0.500. The molecular weight excluding hydrogens is 252 g/mol. The molecule has 6 heteroatoms. The lowest BCUT2D eigenvalue weighted by Crippen LogP contribution is -2.44. The molecule has 1 saturated heterocycles. The summed E-state index contributed by atoms with van der Waals surface area (Å²) in [5.41, 5.74) is 6.04. The summed E-state index contributed by atoms with van der Waals surface area (Å²) < 4.78 is 26.2. The Kier molecular flexibility index (Phi) is 3.61. The highest BCUT2D eigenvalue weighted by Gasteiger charge is 2.32. The van der Waals surface area contributed by atoms with Crippen LogP contribution in [-0.2, 0) is 10.0 Å². The van der Waals surface area contributed by atoms with Crippen molar-refractivity contribution in [3.8, 4) is 0 Å². The zero-order chi connectivity index (χ0) is 13.3. The number of hydrogen-bond acceptors (Lipinski definition) is 4. The molecule has 0 aliphatic carbocycles. The van der Waals surface area contributed by atoms with Crippen molar-refractivity contribution in [2.45, 2.75) is 24.3 Å². The fourth-order valence-electron chi connectivity index (χ4n) is 2.14. The van der Waals surface area contributed by atoms with Crippen LogP contribution < -0.4 is 5.73 Å². The number of anilines is 1. The third-order valence-corrected chi connectivity index (χ3v) is 5.18. The van der Waals surface area contributed by atoms with Gasteiger partial charge in [-0.2, -0.15) is 4.31 Å². The van der Waals surface area contributed by atoms with Crippen LogP contribution in [0, 0.1) is 5.92 Å². The van der Waals surface area contributed by atoms with Gasteiger partial charge >= 0.3 is 0 Å². The Hall–Kier alpha value is -1.11. The third kappa shape index (κ3) is 2.50. The molecule has 2 atom stereocenters. The molecule has 2 unspecified atom stereocenters. The molecule has 18 heavy (non-hydrogen) atoms. The van der Waals surface area contributed by atoms with Crippen molar-refractivity contribution < 1.29 is 13.5 Å². The van der Waals surface area contributed by atoms with Crippen LogP contribution in [0.2, 0.25) is 0 Å². The number of piperidine rings is 1. The molecule has 0 aromatic heterocycles. The lowest BCUT2D eigenvalue weighted by Gasteiger charge is -2.33. The van der Waals surface area contributed by atoms with Gasteiger partial charge in [-0.15, -0.1) is 0 Å². The Balaban J connectivity index is 2.27. The summed E-state index contributed by atoms with van der Waals surface area (Å²) in [4.78, 5) is 0.214. The van der Waals surface area contributed by atoms with E-state index in [9.17, 15) is 13.5 Å². The topological polar surface area (TPSA) is 83.6 Å². The average molecular weight is 270 g/mol. The van der Waals surface area contributed by atoms with Gasteiger partial charge in [0.1, 0.15) is 0 Å². The Labute approximate surface area is 107 Å². The number of rotatable bonds is 2. The minimum absolute atomic E-state index is 0.0467. The molecule has 5 nitrogen and oxygen atoms in total. The number of hydrogen-bond donors (Lipinski definition) is 2. The number of sulfonamides is 1. The van der Waals surface area contributed by atoms with E-state index in [1.807, 2.05) is 6.92 Å². The molecule has 0 amide bonds. The highest BCUT2D eigenvalue weighted by atomic mass is 32.2. The normalized spacial score (nSPS) is 26.1. The lowest BCUT2D eigenvalue weighted by molar-refractivity contribution is 0.0628. The fourth-order valence-corrected chi connectivity index (χ4v) is 3.75. The van der Waals surface area contributed by atoms with Gasteiger partial charge in [0.05, 0.1) is 11.0 Å². The molecule has 0 saturated carbocycles. The molecule has 1 aromatic rings. The van der Waals surface area contributed by atoms with Crippen LogP contribution in [0.1, 0.15) is 13.3 Å². The van der Waals surface area contributed by atoms with Gasteiger partial charge in [-0.3, -0.25) is 0 Å². The molecule has 1 aliphatic rings. The molecule has 1 fully saturated rings. The van der Waals surface area contributed by atoms with E-state index in [2.05, 4.69) is 0 Å². The Morgan fingerprint density at radius 3 is 2.78 bits per heavy atom. The first kappa shape index (κ1) is 13.3. The van der Waals surface area contributed by atoms with Crippen LogP contribution in [0.15, 0.2) is 29.2 Å². The molecular formula is C12H18N2O3S. The van der Waals surface area contributed by atoms with Gasteiger partial charge in [-0.1, -0.05) is 13.0 Å². The van der Waals surface area contributed by atoms with Crippen LogP contribution in [0.3, 0.4) is 0 Å². The van der Waals surface area contributed by atoms with Gasteiger partial charge in [0, 0.05) is 18.8 Å². The second-order valence-corrected chi connectivity index (χ2v) is 6.71. The van der Waals surface area contributed by atoms with E-state index in [-0.39, 0.29) is 10.8 Å². The van der Waals surface area contributed by atoms with Crippen molar-refractivity contribution in [2.24, 2.45) is 5.92 Å². The number of benzene rings is 1. The molecule has 3 N–H and O–H groups in total. The van der Waals surface area contributed by atoms with Crippen LogP contribution in [-0.4, -0.2) is 37.0 Å². The Morgan fingerprint density at radius 2 is 2.17 bits per heavy atom. The average Bonchev–Trinajstić information content (AvgIpc) is 2.32. The summed E-state index contributed by atoms with van der Waals surface area (Å²) in [6, 6.07) is 6.29. The van der Waals surface area contributed by atoms with E-state index in [0.29, 0.717) is 25.2 Å². The molecule has 1 aliphatic heterocycles. The first-order valence-corrected chi connectivity index (χ1v) is 7.39. The van der Waals surface area contributed by atoms with Crippen molar-refractivity contribution in [3.63, 3.8) is 0 Å². The van der Waals surface area contributed by atoms with E-state index < -0.39 is 16.1 Å². The monoisotopic (exact) mass is 270 g/mol. The summed E-state index contributed by atoms with van der Waals surface area (Å²) in [6.45, 7) is 2.55. The first-order valence-electron chi connectivity index (χ1n) is 5.95. The zero-order valence-corrected chi connectivity index (χ0v) is 11.1. The van der Waals surface area contributed by atoms with Crippen LogP contribution in [0.5, 0.6) is 0 Å². The largest absolute Gasteiger partial charge is 0.399 e. The van der Waals surface area contributed by atoms with E-state index >= 15 is 0 Å². The maximum absolute atomic E-state index is 12.4. The zero-order valence-electron chi connectivity index (χ0n) is 10.3. The van der Waals surface area contributed by atoms with E-state index in [1.54, 1.807) is 18.2 Å². The van der Waals surface area contributed by atoms with E-state index in [4.69, 9.17) is 5.73 Å². The number of aliphatic hydroxyl groups excluding tert-OH is 1. The molecule has 0 radical (unpaired) electrons. The molecule has 0 spiro atoms. The maximum atomic E-state index is 12.4. The SMILES string of the molecule is CC1CN(S(=O)(=O)c2cccc(N)c2)CCC1O. The summed E-state index contributed by atoms with van der Waals surface area (Å²) >= 11 is 0. The summed E-state index contributed by atoms with van der Waals surface area (Å²) in [5.74, 6) is -0.0467. The minimum Gasteiger partial charge on any atom is -0.399 e. The maximum Gasteiger partial charge on any atom is 0.243 e. The second kappa shape index (κ2) is 4.87. The van der Waals surface area contributed by atoms with Crippen LogP contribution >= 0.6 is 0 Å². The smallest absolute Gasteiger partial charge is 0.243 e. The number of nitrogens with two attached hydrogens (primary N) is 1. The predicted octanol–water partition coefficient (Wildman–Crippen LogP) is 0.660. The summed E-state index contributed by atoms with van der Waals surface area (Å²) in [5, 5.41) is 9.63. The summed E-state index contributed by atoms with van der Waals surface area (Å²) in [7, 11) is -3.50. The Bertz CT molecular complexity index is 530. The van der Waals surface area contributed by atoms with Crippen molar-refractivity contribution in [1.82, 2.24) is 4.31 Å². The highest BCUT2D eigenvalue weighted by molar-refractivity contribution is 7.89. The van der Waals surface area contributed by atoms with Gasteiger partial charge in [0.2, 0.25) is 10.0 Å². The van der Waals surface area contributed by atoms with Crippen molar-refractivity contribution in [1.29, 1.82) is 0 Å². The van der Waals surface area contributed by atoms with Crippen LogP contribution in [0.4, 0.5) is 5.69 Å². The quantitative estimate of drug-likeness (QED) is 0.773. The van der Waals surface area contributed by atoms with Crippen molar-refractivity contribution in [3.05, 3.63) is 24.3 Å². The predicted molar refractivity (Wildman–Crippen MR) is 69.4 cm³/mol. The number of nitrogen functional groups attached to an aromatic ring is 1. The molecule has 0 bridgehead atoms.